The number of fused-ring (bicyclic) bond motifs is 4. The van der Waals surface area contributed by atoms with Gasteiger partial charge in [0, 0.05) is 16.8 Å². The number of aryl methyl sites for hydroxylation is 1. The van der Waals surface area contributed by atoms with E-state index in [1.165, 1.54) is 0 Å². The highest BCUT2D eigenvalue weighted by Gasteiger charge is 2.28. The molecule has 3 aromatic rings. The third-order valence-corrected chi connectivity index (χ3v) is 5.66. The van der Waals surface area contributed by atoms with E-state index in [-0.39, 0.29) is 4.90 Å². The van der Waals surface area contributed by atoms with Gasteiger partial charge >= 0.3 is 0 Å². The molecule has 24 heavy (non-hydrogen) atoms. The minimum absolute atomic E-state index is 0.242. The molecule has 3 N–H and O–H groups in total. The van der Waals surface area contributed by atoms with Gasteiger partial charge in [0.2, 0.25) is 0 Å². The van der Waals surface area contributed by atoms with Gasteiger partial charge in [0.15, 0.2) is 0 Å². The average Bonchev–Trinajstić information content (AvgIpc) is 2.53. The van der Waals surface area contributed by atoms with Gasteiger partial charge in [-0.15, -0.1) is 0 Å². The normalized spacial score (nSPS) is 12.0. The Balaban J connectivity index is 1.77. The van der Waals surface area contributed by atoms with Crippen molar-refractivity contribution >= 4 is 21.4 Å². The molecule has 1 aliphatic carbocycles. The smallest absolute Gasteiger partial charge is 0.261 e. The summed E-state index contributed by atoms with van der Waals surface area (Å²) in [5, 5.41) is 0. The fourth-order valence-electron chi connectivity index (χ4n) is 3.05. The molecule has 0 saturated carbocycles. The van der Waals surface area contributed by atoms with Crippen LogP contribution in [0.3, 0.4) is 0 Å². The van der Waals surface area contributed by atoms with Crippen LogP contribution in [0.25, 0.3) is 22.3 Å². The van der Waals surface area contributed by atoms with E-state index in [0.29, 0.717) is 11.4 Å². The number of benzene rings is 3. The summed E-state index contributed by atoms with van der Waals surface area (Å²) in [6.45, 7) is 1.92. The van der Waals surface area contributed by atoms with Crippen LogP contribution in [0.4, 0.5) is 11.4 Å². The lowest BCUT2D eigenvalue weighted by atomic mass is 9.79. The van der Waals surface area contributed by atoms with Gasteiger partial charge in [-0.1, -0.05) is 42.0 Å². The van der Waals surface area contributed by atoms with Crippen LogP contribution >= 0.6 is 0 Å². The maximum atomic E-state index is 12.7. The highest BCUT2D eigenvalue weighted by atomic mass is 32.2. The van der Waals surface area contributed by atoms with Crippen LogP contribution in [0.15, 0.2) is 65.6 Å². The number of anilines is 2. The van der Waals surface area contributed by atoms with Gasteiger partial charge in [-0.3, -0.25) is 4.72 Å². The highest BCUT2D eigenvalue weighted by molar-refractivity contribution is 7.92. The summed E-state index contributed by atoms with van der Waals surface area (Å²) in [4.78, 5) is 0.242. The van der Waals surface area contributed by atoms with Crippen molar-refractivity contribution < 1.29 is 8.42 Å². The predicted octanol–water partition coefficient (Wildman–Crippen LogP) is 4.03. The summed E-state index contributed by atoms with van der Waals surface area (Å²) in [5.74, 6) is 0. The Morgan fingerprint density at radius 1 is 0.833 bits per heavy atom. The Labute approximate surface area is 141 Å². The van der Waals surface area contributed by atoms with E-state index in [1.807, 2.05) is 31.2 Å². The highest BCUT2D eigenvalue weighted by Crippen LogP contribution is 2.53. The van der Waals surface area contributed by atoms with Crippen LogP contribution in [0.5, 0.6) is 0 Å². The van der Waals surface area contributed by atoms with Crippen molar-refractivity contribution in [3.63, 3.8) is 0 Å². The third kappa shape index (κ3) is 2.17. The summed E-state index contributed by atoms with van der Waals surface area (Å²) in [6.07, 6.45) is 0. The number of hydrogen-bond acceptors (Lipinski definition) is 3. The fourth-order valence-corrected chi connectivity index (χ4v) is 4.12. The molecule has 0 unspecified atom stereocenters. The topological polar surface area (TPSA) is 72.2 Å². The number of nitrogen functional groups attached to an aromatic ring is 1. The van der Waals surface area contributed by atoms with Crippen LogP contribution < -0.4 is 10.5 Å². The molecule has 0 bridgehead atoms. The SMILES string of the molecule is Cc1ccc(S(=O)(=O)Nc2ccc(N)c3c2-c2ccccc2-3)cc1. The van der Waals surface area contributed by atoms with Gasteiger partial charge in [0.25, 0.3) is 10.0 Å². The minimum Gasteiger partial charge on any atom is -0.398 e. The number of rotatable bonds is 3. The lowest BCUT2D eigenvalue weighted by Crippen LogP contribution is -2.16. The van der Waals surface area contributed by atoms with E-state index >= 15 is 0 Å². The van der Waals surface area contributed by atoms with Crippen LogP contribution in [0, 0.1) is 6.92 Å². The fraction of sp³-hybridized carbons (Fsp3) is 0.0526. The van der Waals surface area contributed by atoms with Crippen LogP contribution in [-0.4, -0.2) is 8.42 Å². The van der Waals surface area contributed by atoms with Gasteiger partial charge in [-0.2, -0.15) is 0 Å². The molecule has 0 aromatic heterocycles. The van der Waals surface area contributed by atoms with Gasteiger partial charge in [-0.05, 0) is 42.3 Å². The van der Waals surface area contributed by atoms with Gasteiger partial charge < -0.3 is 5.73 Å². The van der Waals surface area contributed by atoms with Crippen molar-refractivity contribution in [3.8, 4) is 22.3 Å². The second-order valence-electron chi connectivity index (χ2n) is 5.92. The van der Waals surface area contributed by atoms with E-state index in [0.717, 1.165) is 27.8 Å². The van der Waals surface area contributed by atoms with Gasteiger partial charge in [0.1, 0.15) is 0 Å². The third-order valence-electron chi connectivity index (χ3n) is 4.28. The Morgan fingerprint density at radius 2 is 1.46 bits per heavy atom. The van der Waals surface area contributed by atoms with E-state index in [1.54, 1.807) is 36.4 Å². The first-order chi connectivity index (χ1) is 11.5. The lowest BCUT2D eigenvalue weighted by Gasteiger charge is -2.28. The first-order valence-electron chi connectivity index (χ1n) is 7.59. The molecule has 0 saturated heterocycles. The summed E-state index contributed by atoms with van der Waals surface area (Å²) in [5.41, 5.74) is 12.1. The van der Waals surface area contributed by atoms with Crippen LogP contribution in [0.1, 0.15) is 5.56 Å². The van der Waals surface area contributed by atoms with Crippen molar-refractivity contribution in [1.29, 1.82) is 0 Å². The van der Waals surface area contributed by atoms with Crippen LogP contribution in [-0.2, 0) is 10.0 Å². The van der Waals surface area contributed by atoms with Crippen molar-refractivity contribution in [2.45, 2.75) is 11.8 Å². The summed E-state index contributed by atoms with van der Waals surface area (Å²) in [6, 6.07) is 18.1. The maximum Gasteiger partial charge on any atom is 0.261 e. The molecule has 0 fully saturated rings. The Bertz CT molecular complexity index is 1060. The molecule has 0 spiro atoms. The van der Waals surface area contributed by atoms with Gasteiger partial charge in [0.05, 0.1) is 10.6 Å². The largest absolute Gasteiger partial charge is 0.398 e. The second kappa shape index (κ2) is 5.11. The second-order valence-corrected chi connectivity index (χ2v) is 7.60. The molecule has 0 radical (unpaired) electrons. The Morgan fingerprint density at radius 3 is 2.12 bits per heavy atom. The zero-order valence-corrected chi connectivity index (χ0v) is 13.9. The summed E-state index contributed by atoms with van der Waals surface area (Å²) < 4.78 is 28.0. The molecule has 5 heteroatoms. The van der Waals surface area contributed by atoms with E-state index in [4.69, 9.17) is 5.73 Å². The van der Waals surface area contributed by atoms with Crippen molar-refractivity contribution in [1.82, 2.24) is 0 Å². The standard InChI is InChI=1S/C19H16N2O2S/c1-12-6-8-13(9-7-12)24(22,23)21-17-11-10-16(20)18-14-4-2-3-5-15(14)19(17)18/h2-11,21H,20H2,1H3. The zero-order valence-electron chi connectivity index (χ0n) is 13.1. The maximum absolute atomic E-state index is 12.7. The monoisotopic (exact) mass is 336 g/mol. The Kier molecular flexibility index (Phi) is 3.15. The zero-order chi connectivity index (χ0) is 16.9. The molecule has 0 aliphatic heterocycles. The molecule has 0 heterocycles. The average molecular weight is 336 g/mol. The van der Waals surface area contributed by atoms with Crippen LogP contribution in [0.2, 0.25) is 0 Å². The van der Waals surface area contributed by atoms with Gasteiger partial charge in [-0.25, -0.2) is 8.42 Å². The molecule has 120 valence electrons. The summed E-state index contributed by atoms with van der Waals surface area (Å²) >= 11 is 0. The molecule has 3 aromatic carbocycles. The van der Waals surface area contributed by atoms with E-state index < -0.39 is 10.0 Å². The molecule has 0 amide bonds. The number of hydrogen-bond donors (Lipinski definition) is 2. The first-order valence-corrected chi connectivity index (χ1v) is 9.07. The van der Waals surface area contributed by atoms with Crippen molar-refractivity contribution in [2.75, 3.05) is 10.5 Å². The van der Waals surface area contributed by atoms with Crippen molar-refractivity contribution in [3.05, 3.63) is 66.2 Å². The molecular formula is C19H16N2O2S. The predicted molar refractivity (Wildman–Crippen MR) is 97.3 cm³/mol. The quantitative estimate of drug-likeness (QED) is 0.555. The van der Waals surface area contributed by atoms with E-state index in [9.17, 15) is 8.42 Å². The first kappa shape index (κ1) is 14.8. The number of nitrogens with two attached hydrogens (primary N) is 1. The van der Waals surface area contributed by atoms with Crippen molar-refractivity contribution in [2.24, 2.45) is 0 Å². The molecular weight excluding hydrogens is 320 g/mol. The lowest BCUT2D eigenvalue weighted by molar-refractivity contribution is 0.601. The molecule has 1 aliphatic rings. The molecule has 0 atom stereocenters. The van der Waals surface area contributed by atoms with E-state index in [2.05, 4.69) is 4.72 Å². The minimum atomic E-state index is -3.64. The molecule has 4 rings (SSSR count). The Hall–Kier alpha value is -2.79. The number of nitrogens with one attached hydrogen (secondary N) is 1. The number of sulfonamides is 1. The summed E-state index contributed by atoms with van der Waals surface area (Å²) in [7, 11) is -3.64. The molecule has 4 nitrogen and oxygen atoms in total.